The predicted octanol–water partition coefficient (Wildman–Crippen LogP) is 6.07. The lowest BCUT2D eigenvalue weighted by atomic mass is 10.0. The summed E-state index contributed by atoms with van der Waals surface area (Å²) in [5.74, 6) is 0.314. The zero-order valence-corrected chi connectivity index (χ0v) is 20.8. The molecule has 7 heteroatoms. The molecule has 0 bridgehead atoms. The second-order valence-electron chi connectivity index (χ2n) is 9.24. The Morgan fingerprint density at radius 1 is 1.12 bits per heavy atom. The maximum Gasteiger partial charge on any atom is 0.274 e. The molecule has 5 rings (SSSR count). The van der Waals surface area contributed by atoms with Crippen LogP contribution in [0.25, 0.3) is 10.4 Å². The van der Waals surface area contributed by atoms with Crippen molar-refractivity contribution >= 4 is 34.8 Å². The van der Waals surface area contributed by atoms with E-state index in [2.05, 4.69) is 5.32 Å². The quantitative estimate of drug-likeness (QED) is 0.453. The van der Waals surface area contributed by atoms with E-state index in [0.717, 1.165) is 53.1 Å². The van der Waals surface area contributed by atoms with Crippen molar-refractivity contribution in [3.8, 4) is 10.4 Å². The SMILES string of the molecule is Cc1cccc(C(=O)NC[C@@H]2CCCCN2C(=O)c2nc(C3CC3)sc2-c2cccc(Cl)c2)c1. The van der Waals surface area contributed by atoms with E-state index in [1.54, 1.807) is 11.3 Å². The van der Waals surface area contributed by atoms with Crippen molar-refractivity contribution in [2.45, 2.75) is 51.0 Å². The van der Waals surface area contributed by atoms with Gasteiger partial charge in [0.2, 0.25) is 0 Å². The van der Waals surface area contributed by atoms with Crippen LogP contribution in [0.1, 0.15) is 69.4 Å². The molecule has 0 radical (unpaired) electrons. The smallest absolute Gasteiger partial charge is 0.274 e. The Morgan fingerprint density at radius 2 is 1.94 bits per heavy atom. The molecule has 1 aromatic heterocycles. The topological polar surface area (TPSA) is 62.3 Å². The van der Waals surface area contributed by atoms with E-state index >= 15 is 0 Å². The van der Waals surface area contributed by atoms with Gasteiger partial charge in [-0.25, -0.2) is 4.98 Å². The van der Waals surface area contributed by atoms with Gasteiger partial charge in [-0.1, -0.05) is 41.4 Å². The summed E-state index contributed by atoms with van der Waals surface area (Å²) >= 11 is 7.88. The molecule has 0 unspecified atom stereocenters. The van der Waals surface area contributed by atoms with E-state index in [0.29, 0.717) is 35.3 Å². The van der Waals surface area contributed by atoms with E-state index < -0.39 is 0 Å². The summed E-state index contributed by atoms with van der Waals surface area (Å²) in [5.41, 5.74) is 3.14. The minimum absolute atomic E-state index is 0.0479. The van der Waals surface area contributed by atoms with Crippen molar-refractivity contribution < 1.29 is 9.59 Å². The number of nitrogens with one attached hydrogen (secondary N) is 1. The number of thiazole rings is 1. The van der Waals surface area contributed by atoms with Crippen LogP contribution in [0.15, 0.2) is 48.5 Å². The molecule has 1 aliphatic heterocycles. The van der Waals surface area contributed by atoms with Crippen LogP contribution < -0.4 is 5.32 Å². The molecule has 5 nitrogen and oxygen atoms in total. The van der Waals surface area contributed by atoms with E-state index in [-0.39, 0.29) is 17.9 Å². The third kappa shape index (κ3) is 5.03. The first-order valence-electron chi connectivity index (χ1n) is 11.9. The van der Waals surface area contributed by atoms with Gasteiger partial charge in [-0.05, 0) is 68.9 Å². The van der Waals surface area contributed by atoms with Crippen molar-refractivity contribution in [3.05, 3.63) is 75.4 Å². The minimum atomic E-state index is -0.106. The van der Waals surface area contributed by atoms with Crippen LogP contribution in [0.4, 0.5) is 0 Å². The summed E-state index contributed by atoms with van der Waals surface area (Å²) in [6.07, 6.45) is 5.13. The van der Waals surface area contributed by atoms with Gasteiger partial charge in [0.05, 0.1) is 9.88 Å². The molecule has 1 atom stereocenters. The van der Waals surface area contributed by atoms with E-state index in [4.69, 9.17) is 16.6 Å². The Morgan fingerprint density at radius 3 is 2.71 bits per heavy atom. The molecular weight excluding hydrogens is 466 g/mol. The fraction of sp³-hybridized carbons (Fsp3) is 0.370. The minimum Gasteiger partial charge on any atom is -0.350 e. The van der Waals surface area contributed by atoms with Gasteiger partial charge in [0.1, 0.15) is 5.69 Å². The molecule has 34 heavy (non-hydrogen) atoms. The monoisotopic (exact) mass is 493 g/mol. The summed E-state index contributed by atoms with van der Waals surface area (Å²) in [6, 6.07) is 15.1. The number of rotatable bonds is 6. The molecule has 2 aliphatic rings. The maximum atomic E-state index is 13.8. The summed E-state index contributed by atoms with van der Waals surface area (Å²) < 4.78 is 0. The molecular formula is C27H28ClN3O2S. The molecule has 2 fully saturated rings. The van der Waals surface area contributed by atoms with Crippen LogP contribution in [-0.4, -0.2) is 40.8 Å². The number of benzene rings is 2. The second kappa shape index (κ2) is 9.88. The fourth-order valence-electron chi connectivity index (χ4n) is 4.53. The highest BCUT2D eigenvalue weighted by atomic mass is 35.5. The zero-order valence-electron chi connectivity index (χ0n) is 19.2. The molecule has 2 amide bonds. The van der Waals surface area contributed by atoms with Crippen LogP contribution in [0.3, 0.4) is 0 Å². The number of carbonyl (C=O) groups excluding carboxylic acids is 2. The maximum absolute atomic E-state index is 13.8. The lowest BCUT2D eigenvalue weighted by Crippen LogP contribution is -2.49. The second-order valence-corrected chi connectivity index (χ2v) is 10.7. The number of hydrogen-bond acceptors (Lipinski definition) is 4. The number of piperidine rings is 1. The van der Waals surface area contributed by atoms with Gasteiger partial charge in [0, 0.05) is 35.6 Å². The van der Waals surface area contributed by atoms with Crippen molar-refractivity contribution in [2.75, 3.05) is 13.1 Å². The first-order chi connectivity index (χ1) is 16.5. The zero-order chi connectivity index (χ0) is 23.7. The number of carbonyl (C=O) groups is 2. The van der Waals surface area contributed by atoms with Gasteiger partial charge in [0.15, 0.2) is 0 Å². The van der Waals surface area contributed by atoms with Crippen LogP contribution in [0.2, 0.25) is 5.02 Å². The average molecular weight is 494 g/mol. The molecule has 2 aromatic carbocycles. The number of hydrogen-bond donors (Lipinski definition) is 1. The Labute approximate surface area is 209 Å². The Hall–Kier alpha value is -2.70. The van der Waals surface area contributed by atoms with Crippen molar-refractivity contribution in [1.82, 2.24) is 15.2 Å². The fourth-order valence-corrected chi connectivity index (χ4v) is 5.94. The van der Waals surface area contributed by atoms with E-state index in [9.17, 15) is 9.59 Å². The normalized spacial score (nSPS) is 18.1. The highest BCUT2D eigenvalue weighted by Gasteiger charge is 2.34. The number of halogens is 1. The number of likely N-dealkylation sites (tertiary alicyclic amines) is 1. The molecule has 2 heterocycles. The van der Waals surface area contributed by atoms with Gasteiger partial charge in [0.25, 0.3) is 11.8 Å². The summed E-state index contributed by atoms with van der Waals surface area (Å²) in [4.78, 5) is 34.2. The summed E-state index contributed by atoms with van der Waals surface area (Å²) in [5, 5.41) is 4.74. The summed E-state index contributed by atoms with van der Waals surface area (Å²) in [7, 11) is 0. The third-order valence-electron chi connectivity index (χ3n) is 6.53. The molecule has 1 aliphatic carbocycles. The standard InChI is InChI=1S/C27H28ClN3O2S/c1-17-6-4-8-20(14-17)25(32)29-16-22-10-2-3-13-31(22)27(33)23-24(19-7-5-9-21(28)15-19)34-26(30-23)18-11-12-18/h4-9,14-15,18,22H,2-3,10-13,16H2,1H3,(H,29,32)/t22-/m0/s1. The number of aryl methyl sites for hydroxylation is 1. The molecule has 3 aromatic rings. The Kier molecular flexibility index (Phi) is 6.70. The molecule has 0 spiro atoms. The number of aromatic nitrogens is 1. The number of amides is 2. The lowest BCUT2D eigenvalue weighted by Gasteiger charge is -2.35. The van der Waals surface area contributed by atoms with Gasteiger partial charge in [-0.3, -0.25) is 9.59 Å². The van der Waals surface area contributed by atoms with Crippen LogP contribution in [0.5, 0.6) is 0 Å². The summed E-state index contributed by atoms with van der Waals surface area (Å²) in [6.45, 7) is 3.08. The third-order valence-corrected chi connectivity index (χ3v) is 8.03. The number of nitrogens with zero attached hydrogens (tertiary/aromatic N) is 2. The highest BCUT2D eigenvalue weighted by molar-refractivity contribution is 7.15. The van der Waals surface area contributed by atoms with Crippen LogP contribution >= 0.6 is 22.9 Å². The molecule has 176 valence electrons. The first kappa shape index (κ1) is 23.1. The lowest BCUT2D eigenvalue weighted by molar-refractivity contribution is 0.0598. The first-order valence-corrected chi connectivity index (χ1v) is 13.1. The van der Waals surface area contributed by atoms with Crippen molar-refractivity contribution in [3.63, 3.8) is 0 Å². The van der Waals surface area contributed by atoms with Crippen molar-refractivity contribution in [2.24, 2.45) is 0 Å². The molecule has 1 saturated heterocycles. The Bertz CT molecular complexity index is 1220. The van der Waals surface area contributed by atoms with Gasteiger partial charge in [-0.15, -0.1) is 11.3 Å². The molecule has 1 N–H and O–H groups in total. The predicted molar refractivity (Wildman–Crippen MR) is 137 cm³/mol. The van der Waals surface area contributed by atoms with Crippen LogP contribution in [-0.2, 0) is 0 Å². The average Bonchev–Trinajstić information content (AvgIpc) is 3.60. The van der Waals surface area contributed by atoms with E-state index in [1.807, 2.05) is 60.4 Å². The van der Waals surface area contributed by atoms with Gasteiger partial charge < -0.3 is 10.2 Å². The largest absolute Gasteiger partial charge is 0.350 e. The highest BCUT2D eigenvalue weighted by Crippen LogP contribution is 2.45. The van der Waals surface area contributed by atoms with Gasteiger partial charge in [-0.2, -0.15) is 0 Å². The Balaban J connectivity index is 1.37. The van der Waals surface area contributed by atoms with E-state index in [1.165, 1.54) is 0 Å². The van der Waals surface area contributed by atoms with Crippen LogP contribution in [0, 0.1) is 6.92 Å². The molecule has 1 saturated carbocycles. The van der Waals surface area contributed by atoms with Crippen molar-refractivity contribution in [1.29, 1.82) is 0 Å². The van der Waals surface area contributed by atoms with Gasteiger partial charge >= 0.3 is 0 Å².